The molecular weight excluding hydrogens is 243 g/mol. The van der Waals surface area contributed by atoms with Gasteiger partial charge < -0.3 is 10.2 Å². The minimum Gasteiger partial charge on any atom is -0.384 e. The zero-order valence-corrected chi connectivity index (χ0v) is 10.6. The van der Waals surface area contributed by atoms with Crippen molar-refractivity contribution in [1.29, 1.82) is 0 Å². The lowest BCUT2D eigenvalue weighted by atomic mass is 10.3. The Kier molecular flexibility index (Phi) is 5.25. The van der Waals surface area contributed by atoms with Gasteiger partial charge in [-0.3, -0.25) is 4.98 Å². The molecule has 0 atom stereocenters. The van der Waals surface area contributed by atoms with E-state index in [2.05, 4.69) is 10.3 Å². The third kappa shape index (κ3) is 5.25. The number of aromatic nitrogens is 1. The van der Waals surface area contributed by atoms with Gasteiger partial charge in [0.25, 0.3) is 0 Å². The van der Waals surface area contributed by atoms with E-state index in [0.717, 1.165) is 18.7 Å². The Morgan fingerprint density at radius 3 is 2.67 bits per heavy atom. The summed E-state index contributed by atoms with van der Waals surface area (Å²) in [5.41, 5.74) is 1.51. The highest BCUT2D eigenvalue weighted by atomic mass is 19.4. The van der Waals surface area contributed by atoms with E-state index in [1.165, 1.54) is 0 Å². The molecule has 0 aliphatic carbocycles. The first-order valence-corrected chi connectivity index (χ1v) is 5.89. The van der Waals surface area contributed by atoms with Crippen molar-refractivity contribution in [3.05, 3.63) is 18.5 Å². The fourth-order valence-corrected chi connectivity index (χ4v) is 1.43. The molecule has 1 aromatic rings. The molecule has 0 aliphatic heterocycles. The van der Waals surface area contributed by atoms with Gasteiger partial charge >= 0.3 is 6.18 Å². The van der Waals surface area contributed by atoms with E-state index in [4.69, 9.17) is 0 Å². The Bertz CT molecular complexity index is 366. The first-order chi connectivity index (χ1) is 8.42. The van der Waals surface area contributed by atoms with Crippen molar-refractivity contribution in [2.75, 3.05) is 30.4 Å². The molecule has 3 nitrogen and oxygen atoms in total. The van der Waals surface area contributed by atoms with Crippen LogP contribution in [0.2, 0.25) is 0 Å². The van der Waals surface area contributed by atoms with Crippen molar-refractivity contribution < 1.29 is 13.2 Å². The van der Waals surface area contributed by atoms with Gasteiger partial charge in [0, 0.05) is 20.1 Å². The highest BCUT2D eigenvalue weighted by Crippen LogP contribution is 2.22. The quantitative estimate of drug-likeness (QED) is 0.851. The standard InChI is InChI=1S/C12H18F3N3/c1-3-5-17-10-7-11(9-16-8-10)18(2)6-4-12(13,14)15/h7-9,17H,3-6H2,1-2H3. The minimum absolute atomic E-state index is 0.0671. The number of rotatable bonds is 6. The number of alkyl halides is 3. The van der Waals surface area contributed by atoms with Crippen molar-refractivity contribution in [3.63, 3.8) is 0 Å². The number of nitrogens with zero attached hydrogens (tertiary/aromatic N) is 2. The van der Waals surface area contributed by atoms with E-state index >= 15 is 0 Å². The molecule has 0 unspecified atom stereocenters. The van der Waals surface area contributed by atoms with E-state index in [9.17, 15) is 13.2 Å². The lowest BCUT2D eigenvalue weighted by molar-refractivity contribution is -0.132. The van der Waals surface area contributed by atoms with Crippen LogP contribution in [0, 0.1) is 0 Å². The Labute approximate surface area is 105 Å². The molecule has 6 heteroatoms. The Hall–Kier alpha value is -1.46. The highest BCUT2D eigenvalue weighted by Gasteiger charge is 2.27. The maximum Gasteiger partial charge on any atom is 0.390 e. The largest absolute Gasteiger partial charge is 0.390 e. The fraction of sp³-hybridized carbons (Fsp3) is 0.583. The second-order valence-corrected chi connectivity index (χ2v) is 4.15. The van der Waals surface area contributed by atoms with Gasteiger partial charge in [-0.15, -0.1) is 0 Å². The number of pyridine rings is 1. The number of hydrogen-bond acceptors (Lipinski definition) is 3. The van der Waals surface area contributed by atoms with Crippen LogP contribution >= 0.6 is 0 Å². The maximum absolute atomic E-state index is 12.1. The zero-order chi connectivity index (χ0) is 13.6. The summed E-state index contributed by atoms with van der Waals surface area (Å²) in [7, 11) is 1.63. The van der Waals surface area contributed by atoms with E-state index in [1.54, 1.807) is 30.4 Å². The molecule has 0 saturated carbocycles. The third-order valence-corrected chi connectivity index (χ3v) is 2.47. The first kappa shape index (κ1) is 14.6. The van der Waals surface area contributed by atoms with E-state index < -0.39 is 12.6 Å². The predicted molar refractivity (Wildman–Crippen MR) is 67.0 cm³/mol. The van der Waals surface area contributed by atoms with Crippen LogP contribution in [-0.2, 0) is 0 Å². The molecule has 102 valence electrons. The van der Waals surface area contributed by atoms with Gasteiger partial charge in [0.05, 0.1) is 30.2 Å². The Morgan fingerprint density at radius 2 is 2.06 bits per heavy atom. The molecule has 0 aliphatic rings. The van der Waals surface area contributed by atoms with Gasteiger partial charge in [0.2, 0.25) is 0 Å². The predicted octanol–water partition coefficient (Wildman–Crippen LogP) is 3.29. The molecule has 18 heavy (non-hydrogen) atoms. The number of nitrogens with one attached hydrogen (secondary N) is 1. The van der Waals surface area contributed by atoms with Gasteiger partial charge in [-0.05, 0) is 12.5 Å². The molecular formula is C12H18F3N3. The first-order valence-electron chi connectivity index (χ1n) is 5.89. The van der Waals surface area contributed by atoms with Crippen molar-refractivity contribution in [2.45, 2.75) is 25.9 Å². The molecule has 0 aromatic carbocycles. The van der Waals surface area contributed by atoms with E-state index in [1.807, 2.05) is 6.92 Å². The van der Waals surface area contributed by atoms with Gasteiger partial charge in [-0.2, -0.15) is 13.2 Å². The van der Waals surface area contributed by atoms with Gasteiger partial charge in [0.15, 0.2) is 0 Å². The average Bonchev–Trinajstić information content (AvgIpc) is 2.33. The Morgan fingerprint density at radius 1 is 1.33 bits per heavy atom. The van der Waals surface area contributed by atoms with Crippen molar-refractivity contribution in [1.82, 2.24) is 4.98 Å². The van der Waals surface area contributed by atoms with Gasteiger partial charge in [-0.1, -0.05) is 6.92 Å². The second-order valence-electron chi connectivity index (χ2n) is 4.15. The second kappa shape index (κ2) is 6.47. The summed E-state index contributed by atoms with van der Waals surface area (Å²) < 4.78 is 36.4. The van der Waals surface area contributed by atoms with Crippen LogP contribution in [-0.4, -0.2) is 31.3 Å². The zero-order valence-electron chi connectivity index (χ0n) is 10.6. The van der Waals surface area contributed by atoms with Crippen LogP contribution in [0.15, 0.2) is 18.5 Å². The van der Waals surface area contributed by atoms with Gasteiger partial charge in [0.1, 0.15) is 0 Å². The summed E-state index contributed by atoms with van der Waals surface area (Å²) in [6, 6.07) is 1.80. The van der Waals surface area contributed by atoms with Crippen LogP contribution in [0.25, 0.3) is 0 Å². The normalized spacial score (nSPS) is 11.4. The monoisotopic (exact) mass is 261 g/mol. The summed E-state index contributed by atoms with van der Waals surface area (Å²) in [5.74, 6) is 0. The van der Waals surface area contributed by atoms with E-state index in [-0.39, 0.29) is 6.54 Å². The third-order valence-electron chi connectivity index (χ3n) is 2.47. The smallest absolute Gasteiger partial charge is 0.384 e. The van der Waals surface area contributed by atoms with Crippen LogP contribution in [0.3, 0.4) is 0 Å². The van der Waals surface area contributed by atoms with Crippen LogP contribution in [0.1, 0.15) is 19.8 Å². The Balaban J connectivity index is 2.59. The average molecular weight is 261 g/mol. The lowest BCUT2D eigenvalue weighted by Crippen LogP contribution is -2.24. The molecule has 0 bridgehead atoms. The van der Waals surface area contributed by atoms with Crippen molar-refractivity contribution in [3.8, 4) is 0 Å². The summed E-state index contributed by atoms with van der Waals surface area (Å²) >= 11 is 0. The summed E-state index contributed by atoms with van der Waals surface area (Å²) in [6.45, 7) is 2.79. The highest BCUT2D eigenvalue weighted by molar-refractivity contribution is 5.55. The lowest BCUT2D eigenvalue weighted by Gasteiger charge is -2.20. The summed E-state index contributed by atoms with van der Waals surface area (Å²) in [5, 5.41) is 3.15. The van der Waals surface area contributed by atoms with Crippen LogP contribution in [0.5, 0.6) is 0 Å². The maximum atomic E-state index is 12.1. The van der Waals surface area contributed by atoms with Crippen molar-refractivity contribution in [2.24, 2.45) is 0 Å². The molecule has 1 heterocycles. The molecule has 0 amide bonds. The molecule has 0 radical (unpaired) electrons. The molecule has 1 rings (SSSR count). The van der Waals surface area contributed by atoms with Crippen LogP contribution in [0.4, 0.5) is 24.5 Å². The topological polar surface area (TPSA) is 28.2 Å². The molecule has 1 aromatic heterocycles. The number of anilines is 2. The number of halogens is 3. The van der Waals surface area contributed by atoms with E-state index in [0.29, 0.717) is 5.69 Å². The fourth-order valence-electron chi connectivity index (χ4n) is 1.43. The SMILES string of the molecule is CCCNc1cncc(N(C)CCC(F)(F)F)c1. The molecule has 0 spiro atoms. The molecule has 1 N–H and O–H groups in total. The summed E-state index contributed by atoms with van der Waals surface area (Å²) in [6.07, 6.45) is -0.742. The summed E-state index contributed by atoms with van der Waals surface area (Å²) in [4.78, 5) is 5.57. The number of hydrogen-bond donors (Lipinski definition) is 1. The minimum atomic E-state index is -4.13. The van der Waals surface area contributed by atoms with Crippen LogP contribution < -0.4 is 10.2 Å². The molecule has 0 fully saturated rings. The van der Waals surface area contributed by atoms with Crippen molar-refractivity contribution >= 4 is 11.4 Å². The van der Waals surface area contributed by atoms with Gasteiger partial charge in [-0.25, -0.2) is 0 Å². The molecule has 0 saturated heterocycles.